The van der Waals surface area contributed by atoms with Crippen LogP contribution in [0.15, 0.2) is 58.3 Å². The van der Waals surface area contributed by atoms with E-state index < -0.39 is 23.7 Å². The van der Waals surface area contributed by atoms with Gasteiger partial charge in [-0.05, 0) is 48.3 Å². The molecule has 1 aliphatic carbocycles. The average molecular weight is 497 g/mol. The average Bonchev–Trinajstić information content (AvgIpc) is 3.05. The lowest BCUT2D eigenvalue weighted by atomic mass is 9.84. The van der Waals surface area contributed by atoms with E-state index in [-0.39, 0.29) is 10.6 Å². The summed E-state index contributed by atoms with van der Waals surface area (Å²) in [5, 5.41) is 13.6. The van der Waals surface area contributed by atoms with E-state index >= 15 is 0 Å². The van der Waals surface area contributed by atoms with Gasteiger partial charge in [0.1, 0.15) is 11.4 Å². The molecule has 0 aromatic heterocycles. The molecule has 0 radical (unpaired) electrons. The number of likely N-dealkylation sites (tertiary alicyclic amines) is 1. The van der Waals surface area contributed by atoms with Crippen molar-refractivity contribution in [1.29, 1.82) is 0 Å². The van der Waals surface area contributed by atoms with Crippen LogP contribution in [-0.2, 0) is 16.2 Å². The number of allylic oxidation sites excluding steroid dienone is 4. The molecule has 1 N–H and O–H groups in total. The number of nitrogens with zero attached hydrogens (tertiary/aromatic N) is 2. The molecule has 34 heavy (non-hydrogen) atoms. The number of benzene rings is 1. The lowest BCUT2D eigenvalue weighted by Gasteiger charge is -2.37. The van der Waals surface area contributed by atoms with E-state index in [2.05, 4.69) is 14.8 Å². The van der Waals surface area contributed by atoms with Gasteiger partial charge in [-0.15, -0.1) is 13.2 Å². The van der Waals surface area contributed by atoms with Crippen molar-refractivity contribution in [1.82, 2.24) is 4.90 Å². The molecule has 1 aromatic rings. The van der Waals surface area contributed by atoms with Gasteiger partial charge in [-0.1, -0.05) is 35.0 Å². The van der Waals surface area contributed by atoms with Crippen LogP contribution in [0.2, 0.25) is 5.02 Å². The first kappa shape index (κ1) is 24.3. The molecule has 2 aliphatic heterocycles. The normalized spacial score (nSPS) is 20.6. The molecule has 182 valence electrons. The van der Waals surface area contributed by atoms with Crippen LogP contribution in [0, 0.1) is 0 Å². The van der Waals surface area contributed by atoms with Gasteiger partial charge in [0.25, 0.3) is 0 Å². The molecule has 0 atom stereocenters. The molecule has 1 aromatic carbocycles. The van der Waals surface area contributed by atoms with E-state index in [0.29, 0.717) is 19.4 Å². The summed E-state index contributed by atoms with van der Waals surface area (Å²) in [6.07, 6.45) is 3.19. The standard InChI is InChI=1S/C24H24ClF3N2O4/c1-15-11-17(22(31)32)3-2-4-18(15)20-13-23(34-29-20)7-9-30(10-8-23)14-16-5-6-21(19(25)12-16)33-24(26,27)28/h3-6,11-12H,2,7-10,13-14H2,1H3,(H,31,32). The number of halogens is 4. The summed E-state index contributed by atoms with van der Waals surface area (Å²) in [5.41, 5.74) is 3.26. The third-order valence-electron chi connectivity index (χ3n) is 6.25. The van der Waals surface area contributed by atoms with Crippen molar-refractivity contribution < 1.29 is 32.6 Å². The van der Waals surface area contributed by atoms with Crippen molar-refractivity contribution in [3.05, 3.63) is 63.7 Å². The number of carboxylic acids is 1. The molecule has 0 amide bonds. The molecule has 1 fully saturated rings. The third kappa shape index (κ3) is 5.64. The zero-order valence-corrected chi connectivity index (χ0v) is 19.2. The van der Waals surface area contributed by atoms with Crippen LogP contribution >= 0.6 is 11.6 Å². The summed E-state index contributed by atoms with van der Waals surface area (Å²) in [5.74, 6) is -1.37. The molecule has 0 saturated carbocycles. The smallest absolute Gasteiger partial charge is 0.478 e. The van der Waals surface area contributed by atoms with E-state index in [1.807, 2.05) is 13.0 Å². The summed E-state index contributed by atoms with van der Waals surface area (Å²) in [7, 11) is 0. The van der Waals surface area contributed by atoms with Gasteiger partial charge in [0, 0.05) is 38.9 Å². The Bertz CT molecular complexity index is 1100. The molecular weight excluding hydrogens is 473 g/mol. The Hall–Kier alpha value is -2.78. The molecule has 3 aliphatic rings. The van der Waals surface area contributed by atoms with E-state index in [9.17, 15) is 23.1 Å². The number of piperidine rings is 1. The zero-order valence-electron chi connectivity index (χ0n) is 18.5. The molecule has 2 heterocycles. The fourth-order valence-corrected chi connectivity index (χ4v) is 4.73. The Kier molecular flexibility index (Phi) is 6.78. The number of carbonyl (C=O) groups is 1. The first-order valence-electron chi connectivity index (χ1n) is 10.9. The minimum absolute atomic E-state index is 0.0823. The molecule has 1 spiro atoms. The Labute approximate surface area is 200 Å². The quantitative estimate of drug-likeness (QED) is 0.571. The molecule has 1 saturated heterocycles. The van der Waals surface area contributed by atoms with Crippen molar-refractivity contribution in [2.45, 2.75) is 51.1 Å². The Morgan fingerprint density at radius 3 is 2.68 bits per heavy atom. The van der Waals surface area contributed by atoms with E-state index in [1.54, 1.807) is 18.2 Å². The minimum Gasteiger partial charge on any atom is -0.478 e. The van der Waals surface area contributed by atoms with Gasteiger partial charge < -0.3 is 14.7 Å². The van der Waals surface area contributed by atoms with Crippen LogP contribution in [0.5, 0.6) is 5.75 Å². The molecule has 0 bridgehead atoms. The van der Waals surface area contributed by atoms with Gasteiger partial charge in [-0.2, -0.15) is 0 Å². The van der Waals surface area contributed by atoms with Crippen molar-refractivity contribution in [3.63, 3.8) is 0 Å². The largest absolute Gasteiger partial charge is 0.573 e. The maximum atomic E-state index is 12.4. The van der Waals surface area contributed by atoms with Crippen LogP contribution in [0.1, 0.15) is 38.2 Å². The highest BCUT2D eigenvalue weighted by Crippen LogP contribution is 2.38. The maximum absolute atomic E-state index is 12.4. The maximum Gasteiger partial charge on any atom is 0.573 e. The Morgan fingerprint density at radius 1 is 1.29 bits per heavy atom. The van der Waals surface area contributed by atoms with Crippen molar-refractivity contribution in [3.8, 4) is 5.75 Å². The summed E-state index contributed by atoms with van der Waals surface area (Å²) in [6, 6.07) is 4.31. The summed E-state index contributed by atoms with van der Waals surface area (Å²) in [6.45, 7) is 3.90. The molecule has 10 heteroatoms. The fourth-order valence-electron chi connectivity index (χ4n) is 4.49. The highest BCUT2D eigenvalue weighted by Gasteiger charge is 2.43. The molecule has 4 rings (SSSR count). The third-order valence-corrected chi connectivity index (χ3v) is 6.54. The highest BCUT2D eigenvalue weighted by atomic mass is 35.5. The zero-order chi connectivity index (χ0) is 24.5. The Balaban J connectivity index is 1.33. The summed E-state index contributed by atoms with van der Waals surface area (Å²) < 4.78 is 41.2. The van der Waals surface area contributed by atoms with E-state index in [4.69, 9.17) is 16.4 Å². The van der Waals surface area contributed by atoms with Crippen LogP contribution in [0.4, 0.5) is 13.2 Å². The highest BCUT2D eigenvalue weighted by molar-refractivity contribution is 6.32. The van der Waals surface area contributed by atoms with Gasteiger partial charge in [0.15, 0.2) is 0 Å². The number of hydrogen-bond donors (Lipinski definition) is 1. The monoisotopic (exact) mass is 496 g/mol. The van der Waals surface area contributed by atoms with Crippen molar-refractivity contribution in [2.75, 3.05) is 13.1 Å². The van der Waals surface area contributed by atoms with Crippen LogP contribution in [-0.4, -0.2) is 46.7 Å². The van der Waals surface area contributed by atoms with Crippen LogP contribution in [0.3, 0.4) is 0 Å². The topological polar surface area (TPSA) is 71.4 Å². The number of hydrogen-bond acceptors (Lipinski definition) is 5. The fraction of sp³-hybridized carbons (Fsp3) is 0.417. The van der Waals surface area contributed by atoms with Crippen LogP contribution < -0.4 is 4.74 Å². The number of carboxylic acid groups (broad SMARTS) is 1. The molecule has 0 unspecified atom stereocenters. The SMILES string of the molecule is CC1=CC(C(=O)O)=CCC=C1C1=NOC2(CCN(Cc3ccc(OC(F)(F)F)c(Cl)c3)CC2)C1. The summed E-state index contributed by atoms with van der Waals surface area (Å²) >= 11 is 5.97. The van der Waals surface area contributed by atoms with E-state index in [1.165, 1.54) is 12.1 Å². The van der Waals surface area contributed by atoms with Crippen molar-refractivity contribution >= 4 is 23.3 Å². The van der Waals surface area contributed by atoms with E-state index in [0.717, 1.165) is 48.4 Å². The second kappa shape index (κ2) is 9.46. The lowest BCUT2D eigenvalue weighted by Crippen LogP contribution is -2.44. The number of rotatable bonds is 5. The number of alkyl halides is 3. The predicted octanol–water partition coefficient (Wildman–Crippen LogP) is 5.64. The summed E-state index contributed by atoms with van der Waals surface area (Å²) in [4.78, 5) is 19.4. The van der Waals surface area contributed by atoms with Gasteiger partial charge in [0.05, 0.1) is 16.3 Å². The molecule has 6 nitrogen and oxygen atoms in total. The van der Waals surface area contributed by atoms with Crippen LogP contribution in [0.25, 0.3) is 0 Å². The first-order valence-corrected chi connectivity index (χ1v) is 11.3. The van der Waals surface area contributed by atoms with Gasteiger partial charge >= 0.3 is 12.3 Å². The Morgan fingerprint density at radius 2 is 2.03 bits per heavy atom. The molecular formula is C24H24ClF3N2O4. The number of oxime groups is 1. The second-order valence-corrected chi connectivity index (χ2v) is 9.13. The second-order valence-electron chi connectivity index (χ2n) is 8.72. The number of aliphatic carboxylic acids is 1. The number of ether oxygens (including phenoxy) is 1. The minimum atomic E-state index is -4.79. The van der Waals surface area contributed by atoms with Gasteiger partial charge in [-0.3, -0.25) is 4.90 Å². The van der Waals surface area contributed by atoms with Crippen molar-refractivity contribution in [2.24, 2.45) is 5.16 Å². The van der Waals surface area contributed by atoms with Gasteiger partial charge in [0.2, 0.25) is 0 Å². The first-order chi connectivity index (χ1) is 16.0. The lowest BCUT2D eigenvalue weighted by molar-refractivity contribution is -0.274. The predicted molar refractivity (Wildman–Crippen MR) is 121 cm³/mol. The van der Waals surface area contributed by atoms with Gasteiger partial charge in [-0.25, -0.2) is 4.79 Å².